The zero-order valence-electron chi connectivity index (χ0n) is 10.9. The van der Waals surface area contributed by atoms with Crippen LogP contribution < -0.4 is 10.1 Å². The van der Waals surface area contributed by atoms with Crippen LogP contribution >= 0.6 is 0 Å². The van der Waals surface area contributed by atoms with Crippen LogP contribution in [0.5, 0.6) is 5.75 Å². The summed E-state index contributed by atoms with van der Waals surface area (Å²) in [6, 6.07) is 7.31. The zero-order valence-corrected chi connectivity index (χ0v) is 10.9. The first-order chi connectivity index (χ1) is 8.58. The van der Waals surface area contributed by atoms with Crippen molar-refractivity contribution in [1.82, 2.24) is 4.90 Å². The molecule has 18 heavy (non-hydrogen) atoms. The molecule has 0 aliphatic heterocycles. The van der Waals surface area contributed by atoms with Crippen molar-refractivity contribution in [3.63, 3.8) is 0 Å². The van der Waals surface area contributed by atoms with Crippen molar-refractivity contribution in [2.24, 2.45) is 0 Å². The predicted molar refractivity (Wildman–Crippen MR) is 69.6 cm³/mol. The van der Waals surface area contributed by atoms with Gasteiger partial charge in [-0.05, 0) is 24.6 Å². The van der Waals surface area contributed by atoms with E-state index in [0.717, 1.165) is 5.56 Å². The van der Waals surface area contributed by atoms with Gasteiger partial charge in [-0.1, -0.05) is 6.07 Å². The Labute approximate surface area is 107 Å². The van der Waals surface area contributed by atoms with Gasteiger partial charge in [0.2, 0.25) is 0 Å². The van der Waals surface area contributed by atoms with Crippen molar-refractivity contribution in [1.29, 1.82) is 5.26 Å². The van der Waals surface area contributed by atoms with Crippen LogP contribution in [0.1, 0.15) is 12.0 Å². The zero-order chi connectivity index (χ0) is 13.5. The first-order valence-corrected chi connectivity index (χ1v) is 5.62. The standard InChI is InChI=1S/C13H17N3O2/c1-10-5-6-12(18-3)11(9-10)15-13(17)16(2)8-4-7-14/h5-6,9H,4,8H2,1-3H3,(H,15,17). The molecule has 1 rings (SSSR count). The van der Waals surface area contributed by atoms with E-state index in [1.54, 1.807) is 20.2 Å². The molecule has 0 aromatic heterocycles. The molecule has 0 unspecified atom stereocenters. The third kappa shape index (κ3) is 3.67. The summed E-state index contributed by atoms with van der Waals surface area (Å²) in [6.07, 6.45) is 0.314. The van der Waals surface area contributed by atoms with Crippen molar-refractivity contribution in [2.75, 3.05) is 26.0 Å². The number of carbonyl (C=O) groups excluding carboxylic acids is 1. The molecule has 0 spiro atoms. The summed E-state index contributed by atoms with van der Waals surface area (Å²) in [6.45, 7) is 2.34. The highest BCUT2D eigenvalue weighted by molar-refractivity contribution is 5.90. The van der Waals surface area contributed by atoms with E-state index in [1.807, 2.05) is 25.1 Å². The molecule has 0 aliphatic rings. The number of hydrogen-bond donors (Lipinski definition) is 1. The Hall–Kier alpha value is -2.22. The van der Waals surface area contributed by atoms with Gasteiger partial charge in [-0.2, -0.15) is 5.26 Å². The fourth-order valence-electron chi connectivity index (χ4n) is 1.45. The van der Waals surface area contributed by atoms with Crippen LogP contribution in [0, 0.1) is 18.3 Å². The number of nitriles is 1. The van der Waals surface area contributed by atoms with Crippen LogP contribution in [0.2, 0.25) is 0 Å². The Bertz CT molecular complexity index is 466. The van der Waals surface area contributed by atoms with Gasteiger partial charge < -0.3 is 15.0 Å². The second-order valence-corrected chi connectivity index (χ2v) is 3.96. The fraction of sp³-hybridized carbons (Fsp3) is 0.385. The summed E-state index contributed by atoms with van der Waals surface area (Å²) >= 11 is 0. The van der Waals surface area contributed by atoms with Crippen molar-refractivity contribution >= 4 is 11.7 Å². The first-order valence-electron chi connectivity index (χ1n) is 5.62. The van der Waals surface area contributed by atoms with Crippen LogP contribution in [0.3, 0.4) is 0 Å². The van der Waals surface area contributed by atoms with Gasteiger partial charge in [0.1, 0.15) is 5.75 Å². The van der Waals surface area contributed by atoms with Crippen LogP contribution in [0.4, 0.5) is 10.5 Å². The summed E-state index contributed by atoms with van der Waals surface area (Å²) in [7, 11) is 3.20. The van der Waals surface area contributed by atoms with Crippen LogP contribution in [-0.4, -0.2) is 31.6 Å². The number of ether oxygens (including phenoxy) is 1. The Morgan fingerprint density at radius 2 is 2.28 bits per heavy atom. The quantitative estimate of drug-likeness (QED) is 0.888. The van der Waals surface area contributed by atoms with E-state index in [2.05, 4.69) is 5.32 Å². The normalized spacial score (nSPS) is 9.44. The molecule has 96 valence electrons. The number of aryl methyl sites for hydroxylation is 1. The van der Waals surface area contributed by atoms with Crippen molar-refractivity contribution in [3.05, 3.63) is 23.8 Å². The Balaban J connectivity index is 2.75. The van der Waals surface area contributed by atoms with Crippen molar-refractivity contribution in [2.45, 2.75) is 13.3 Å². The third-order valence-electron chi connectivity index (χ3n) is 2.50. The first kappa shape index (κ1) is 13.8. The lowest BCUT2D eigenvalue weighted by atomic mass is 10.2. The summed E-state index contributed by atoms with van der Waals surface area (Å²) < 4.78 is 5.18. The number of urea groups is 1. The Morgan fingerprint density at radius 3 is 2.89 bits per heavy atom. The van der Waals surface area contributed by atoms with Crippen LogP contribution in [0.25, 0.3) is 0 Å². The fourth-order valence-corrected chi connectivity index (χ4v) is 1.45. The molecule has 2 amide bonds. The molecule has 1 aromatic carbocycles. The minimum Gasteiger partial charge on any atom is -0.495 e. The molecule has 0 aliphatic carbocycles. The summed E-state index contributed by atoms with van der Waals surface area (Å²) in [5.74, 6) is 0.614. The molecule has 1 aromatic rings. The molecule has 5 nitrogen and oxygen atoms in total. The van der Waals surface area contributed by atoms with Gasteiger partial charge in [0, 0.05) is 13.6 Å². The highest BCUT2D eigenvalue weighted by atomic mass is 16.5. The van der Waals surface area contributed by atoms with E-state index in [-0.39, 0.29) is 6.03 Å². The number of anilines is 1. The van der Waals surface area contributed by atoms with Gasteiger partial charge in [-0.15, -0.1) is 0 Å². The van der Waals surface area contributed by atoms with E-state index < -0.39 is 0 Å². The summed E-state index contributed by atoms with van der Waals surface area (Å²) in [4.78, 5) is 13.3. The summed E-state index contributed by atoms with van der Waals surface area (Å²) in [5, 5.41) is 11.2. The maximum atomic E-state index is 11.8. The van der Waals surface area contributed by atoms with Crippen molar-refractivity contribution in [3.8, 4) is 11.8 Å². The minimum absolute atomic E-state index is 0.255. The largest absolute Gasteiger partial charge is 0.495 e. The Kier molecular flexibility index (Phi) is 5.00. The monoisotopic (exact) mass is 247 g/mol. The van der Waals surface area contributed by atoms with Crippen molar-refractivity contribution < 1.29 is 9.53 Å². The molecule has 0 bridgehead atoms. The third-order valence-corrected chi connectivity index (χ3v) is 2.50. The molecule has 0 radical (unpaired) electrons. The second-order valence-electron chi connectivity index (χ2n) is 3.96. The van der Waals surface area contributed by atoms with Gasteiger partial charge in [0.25, 0.3) is 0 Å². The molecule has 0 atom stereocenters. The number of benzene rings is 1. The van der Waals surface area contributed by atoms with E-state index in [1.165, 1.54) is 4.90 Å². The van der Waals surface area contributed by atoms with Gasteiger partial charge in [-0.25, -0.2) is 4.79 Å². The van der Waals surface area contributed by atoms with Gasteiger partial charge in [0.05, 0.1) is 25.3 Å². The maximum Gasteiger partial charge on any atom is 0.321 e. The maximum absolute atomic E-state index is 11.8. The van der Waals surface area contributed by atoms with E-state index in [0.29, 0.717) is 24.4 Å². The average Bonchev–Trinajstić information content (AvgIpc) is 2.36. The lowest BCUT2D eigenvalue weighted by Gasteiger charge is -2.18. The molecular weight excluding hydrogens is 230 g/mol. The molecule has 5 heteroatoms. The lowest BCUT2D eigenvalue weighted by molar-refractivity contribution is 0.223. The molecule has 0 fully saturated rings. The number of amides is 2. The van der Waals surface area contributed by atoms with Crippen LogP contribution in [-0.2, 0) is 0 Å². The van der Waals surface area contributed by atoms with Gasteiger partial charge in [-0.3, -0.25) is 0 Å². The Morgan fingerprint density at radius 1 is 1.56 bits per heavy atom. The number of carbonyl (C=O) groups is 1. The van der Waals surface area contributed by atoms with E-state index in [4.69, 9.17) is 10.00 Å². The molecule has 0 saturated heterocycles. The number of nitrogens with zero attached hydrogens (tertiary/aromatic N) is 2. The molecule has 1 N–H and O–H groups in total. The van der Waals surface area contributed by atoms with E-state index >= 15 is 0 Å². The van der Waals surface area contributed by atoms with Gasteiger partial charge >= 0.3 is 6.03 Å². The smallest absolute Gasteiger partial charge is 0.321 e. The number of nitrogens with one attached hydrogen (secondary N) is 1. The average molecular weight is 247 g/mol. The van der Waals surface area contributed by atoms with Gasteiger partial charge in [0.15, 0.2) is 0 Å². The molecule has 0 saturated carbocycles. The SMILES string of the molecule is COc1ccc(C)cc1NC(=O)N(C)CCC#N. The highest BCUT2D eigenvalue weighted by Crippen LogP contribution is 2.25. The predicted octanol–water partition coefficient (Wildman–Crippen LogP) is 2.38. The second kappa shape index (κ2) is 6.50. The number of methoxy groups -OCH3 is 1. The van der Waals surface area contributed by atoms with E-state index in [9.17, 15) is 4.79 Å². The van der Waals surface area contributed by atoms with Crippen LogP contribution in [0.15, 0.2) is 18.2 Å². The highest BCUT2D eigenvalue weighted by Gasteiger charge is 2.11. The molecular formula is C13H17N3O2. The minimum atomic E-state index is -0.255. The lowest BCUT2D eigenvalue weighted by Crippen LogP contribution is -2.32. The molecule has 0 heterocycles. The number of hydrogen-bond acceptors (Lipinski definition) is 3. The topological polar surface area (TPSA) is 65.4 Å². The summed E-state index contributed by atoms with van der Waals surface area (Å²) in [5.41, 5.74) is 1.66. The number of rotatable bonds is 4.